The van der Waals surface area contributed by atoms with Crippen molar-refractivity contribution in [3.63, 3.8) is 0 Å². The van der Waals surface area contributed by atoms with Gasteiger partial charge in [0.15, 0.2) is 0 Å². The van der Waals surface area contributed by atoms with E-state index in [9.17, 15) is 12.8 Å². The summed E-state index contributed by atoms with van der Waals surface area (Å²) in [6, 6.07) is 3.65. The molecule has 0 bridgehead atoms. The zero-order valence-electron chi connectivity index (χ0n) is 11.8. The zero-order chi connectivity index (χ0) is 14.9. The van der Waals surface area contributed by atoms with Gasteiger partial charge in [0, 0.05) is 20.2 Å². The van der Waals surface area contributed by atoms with Gasteiger partial charge in [-0.25, -0.2) is 17.5 Å². The maximum Gasteiger partial charge on any atom is 0.243 e. The van der Waals surface area contributed by atoms with Crippen molar-refractivity contribution in [2.75, 3.05) is 27.2 Å². The van der Waals surface area contributed by atoms with Gasteiger partial charge in [-0.3, -0.25) is 0 Å². The molecule has 0 spiro atoms. The molecule has 20 heavy (non-hydrogen) atoms. The van der Waals surface area contributed by atoms with E-state index >= 15 is 0 Å². The van der Waals surface area contributed by atoms with Gasteiger partial charge in [-0.05, 0) is 31.7 Å². The van der Waals surface area contributed by atoms with Gasteiger partial charge in [0.25, 0.3) is 0 Å². The third-order valence-corrected chi connectivity index (χ3v) is 4.94. The van der Waals surface area contributed by atoms with Crippen molar-refractivity contribution in [3.8, 4) is 0 Å². The Balaban J connectivity index is 2.25. The van der Waals surface area contributed by atoms with Gasteiger partial charge < -0.3 is 9.64 Å². The molecule has 2 atom stereocenters. The lowest BCUT2D eigenvalue weighted by Crippen LogP contribution is -2.43. The summed E-state index contributed by atoms with van der Waals surface area (Å²) in [5.41, 5.74) is 0.693. The second-order valence-corrected chi connectivity index (χ2v) is 6.84. The van der Waals surface area contributed by atoms with E-state index in [1.807, 2.05) is 11.9 Å². The van der Waals surface area contributed by atoms with E-state index in [-0.39, 0.29) is 17.0 Å². The Morgan fingerprint density at radius 3 is 2.75 bits per heavy atom. The standard InChI is InChI=1S/C13H19FN2O3S/c1-9-4-5-10(14)13(6-9)20(17,18)15-11-7-16(2)8-12(11)19-3/h4-6,11-12,15H,7-8H2,1-3H3/t11-,12-/m0/s1. The summed E-state index contributed by atoms with van der Waals surface area (Å²) >= 11 is 0. The van der Waals surface area contributed by atoms with Gasteiger partial charge in [-0.15, -0.1) is 0 Å². The Kier molecular flexibility index (Phi) is 4.43. The monoisotopic (exact) mass is 302 g/mol. The van der Waals surface area contributed by atoms with Crippen molar-refractivity contribution in [2.45, 2.75) is 24.0 Å². The Hall–Kier alpha value is -1.02. The highest BCUT2D eigenvalue weighted by Crippen LogP contribution is 2.19. The van der Waals surface area contributed by atoms with E-state index in [0.717, 1.165) is 0 Å². The highest BCUT2D eigenvalue weighted by Gasteiger charge is 2.35. The van der Waals surface area contributed by atoms with Crippen LogP contribution in [0.3, 0.4) is 0 Å². The molecule has 1 aromatic rings. The number of nitrogens with zero attached hydrogens (tertiary/aromatic N) is 1. The van der Waals surface area contributed by atoms with E-state index < -0.39 is 15.8 Å². The average Bonchev–Trinajstić information content (AvgIpc) is 2.71. The molecule has 7 heteroatoms. The first-order valence-corrected chi connectivity index (χ1v) is 7.81. The van der Waals surface area contributed by atoms with Crippen LogP contribution in [0.2, 0.25) is 0 Å². The van der Waals surface area contributed by atoms with Crippen molar-refractivity contribution in [1.82, 2.24) is 9.62 Å². The number of ether oxygens (including phenoxy) is 1. The topological polar surface area (TPSA) is 58.6 Å². The lowest BCUT2D eigenvalue weighted by molar-refractivity contribution is 0.0969. The molecule has 0 radical (unpaired) electrons. The van der Waals surface area contributed by atoms with Crippen molar-refractivity contribution < 1.29 is 17.5 Å². The maximum absolute atomic E-state index is 13.7. The molecule has 0 unspecified atom stereocenters. The smallest absolute Gasteiger partial charge is 0.243 e. The number of halogens is 1. The van der Waals surface area contributed by atoms with Crippen LogP contribution in [0.5, 0.6) is 0 Å². The largest absolute Gasteiger partial charge is 0.378 e. The number of likely N-dealkylation sites (tertiary alicyclic amines) is 1. The first kappa shape index (κ1) is 15.4. The molecule has 1 aliphatic heterocycles. The highest BCUT2D eigenvalue weighted by atomic mass is 32.2. The molecule has 1 aromatic carbocycles. The Labute approximate surface area is 118 Å². The molecule has 0 aliphatic carbocycles. The first-order valence-electron chi connectivity index (χ1n) is 6.33. The second kappa shape index (κ2) is 5.77. The molecule has 1 fully saturated rings. The van der Waals surface area contributed by atoms with E-state index in [2.05, 4.69) is 4.72 Å². The molecule has 1 aliphatic rings. The third-order valence-electron chi connectivity index (χ3n) is 3.43. The minimum atomic E-state index is -3.89. The van der Waals surface area contributed by atoms with Gasteiger partial charge in [-0.1, -0.05) is 6.07 Å². The molecule has 1 N–H and O–H groups in total. The van der Waals surface area contributed by atoms with Crippen LogP contribution >= 0.6 is 0 Å². The summed E-state index contributed by atoms with van der Waals surface area (Å²) < 4.78 is 46.1. The number of aryl methyl sites for hydroxylation is 1. The van der Waals surface area contributed by atoms with Crippen molar-refractivity contribution in [2.24, 2.45) is 0 Å². The second-order valence-electron chi connectivity index (χ2n) is 5.16. The Morgan fingerprint density at radius 2 is 2.10 bits per heavy atom. The van der Waals surface area contributed by atoms with Gasteiger partial charge in [0.2, 0.25) is 10.0 Å². The SMILES string of the molecule is CO[C@H]1CN(C)C[C@@H]1NS(=O)(=O)c1cc(C)ccc1F. The van der Waals surface area contributed by atoms with Crippen LogP contribution in [-0.2, 0) is 14.8 Å². The number of benzene rings is 1. The molecule has 2 rings (SSSR count). The van der Waals surface area contributed by atoms with Gasteiger partial charge in [-0.2, -0.15) is 0 Å². The summed E-state index contributed by atoms with van der Waals surface area (Å²) in [7, 11) is -0.472. The van der Waals surface area contributed by atoms with E-state index in [0.29, 0.717) is 18.7 Å². The Bertz CT molecular complexity index is 591. The predicted molar refractivity (Wildman–Crippen MR) is 73.5 cm³/mol. The number of hydrogen-bond acceptors (Lipinski definition) is 4. The summed E-state index contributed by atoms with van der Waals surface area (Å²) in [5, 5.41) is 0. The van der Waals surface area contributed by atoms with Crippen LogP contribution < -0.4 is 4.72 Å². The third kappa shape index (κ3) is 3.17. The molecular formula is C13H19FN2O3S. The first-order chi connectivity index (χ1) is 9.33. The molecule has 1 saturated heterocycles. The van der Waals surface area contributed by atoms with Crippen molar-refractivity contribution >= 4 is 10.0 Å². The number of rotatable bonds is 4. The molecule has 0 saturated carbocycles. The average molecular weight is 302 g/mol. The minimum Gasteiger partial charge on any atom is -0.378 e. The van der Waals surface area contributed by atoms with Gasteiger partial charge in [0.1, 0.15) is 10.7 Å². The van der Waals surface area contributed by atoms with Crippen LogP contribution in [0.15, 0.2) is 23.1 Å². The van der Waals surface area contributed by atoms with E-state index in [1.165, 1.54) is 18.2 Å². The van der Waals surface area contributed by atoms with Crippen LogP contribution in [0.25, 0.3) is 0 Å². The van der Waals surface area contributed by atoms with Crippen molar-refractivity contribution in [3.05, 3.63) is 29.6 Å². The number of hydrogen-bond donors (Lipinski definition) is 1. The van der Waals surface area contributed by atoms with Crippen LogP contribution in [-0.4, -0.2) is 52.7 Å². The van der Waals surface area contributed by atoms with Crippen molar-refractivity contribution in [1.29, 1.82) is 0 Å². The lowest BCUT2D eigenvalue weighted by Gasteiger charge is -2.18. The number of likely N-dealkylation sites (N-methyl/N-ethyl adjacent to an activating group) is 1. The van der Waals surface area contributed by atoms with Gasteiger partial charge in [0.05, 0.1) is 12.1 Å². The lowest BCUT2D eigenvalue weighted by atomic mass is 10.2. The van der Waals surface area contributed by atoms with Crippen LogP contribution in [0, 0.1) is 12.7 Å². The number of methoxy groups -OCH3 is 1. The van der Waals surface area contributed by atoms with Gasteiger partial charge >= 0.3 is 0 Å². The quantitative estimate of drug-likeness (QED) is 0.891. The van der Waals surface area contributed by atoms with Crippen LogP contribution in [0.1, 0.15) is 5.56 Å². The molecule has 0 amide bonds. The normalized spacial score (nSPS) is 24.2. The Morgan fingerprint density at radius 1 is 1.40 bits per heavy atom. The fraction of sp³-hybridized carbons (Fsp3) is 0.538. The maximum atomic E-state index is 13.7. The van der Waals surface area contributed by atoms with E-state index in [4.69, 9.17) is 4.74 Å². The minimum absolute atomic E-state index is 0.234. The fourth-order valence-electron chi connectivity index (χ4n) is 2.39. The summed E-state index contributed by atoms with van der Waals surface area (Å²) in [6.45, 7) is 2.89. The summed E-state index contributed by atoms with van der Waals surface area (Å²) in [6.07, 6.45) is -0.234. The van der Waals surface area contributed by atoms with E-state index in [1.54, 1.807) is 14.0 Å². The fourth-order valence-corrected chi connectivity index (χ4v) is 3.81. The molecule has 112 valence electrons. The molecular weight excluding hydrogens is 283 g/mol. The highest BCUT2D eigenvalue weighted by molar-refractivity contribution is 7.89. The number of sulfonamides is 1. The zero-order valence-corrected chi connectivity index (χ0v) is 12.6. The predicted octanol–water partition coefficient (Wildman–Crippen LogP) is 0.741. The van der Waals surface area contributed by atoms with Crippen LogP contribution in [0.4, 0.5) is 4.39 Å². The molecule has 5 nitrogen and oxygen atoms in total. The summed E-state index contributed by atoms with van der Waals surface area (Å²) in [5.74, 6) is -0.747. The number of nitrogens with one attached hydrogen (secondary N) is 1. The summed E-state index contributed by atoms with van der Waals surface area (Å²) in [4.78, 5) is 1.65. The molecule has 0 aromatic heterocycles. The molecule has 1 heterocycles.